The molecule has 1 atom stereocenters. The highest BCUT2D eigenvalue weighted by Gasteiger charge is 2.18. The number of halogens is 2. The molecule has 2 rings (SSSR count). The summed E-state index contributed by atoms with van der Waals surface area (Å²) in [4.78, 5) is 16.6. The summed E-state index contributed by atoms with van der Waals surface area (Å²) >= 11 is 6.06. The molecule has 142 valence electrons. The summed E-state index contributed by atoms with van der Waals surface area (Å²) in [5.41, 5.74) is 7.02. The third kappa shape index (κ3) is 7.02. The van der Waals surface area contributed by atoms with Gasteiger partial charge in [0.2, 0.25) is 5.91 Å². The number of nitrogens with zero attached hydrogens (tertiary/aromatic N) is 2. The van der Waals surface area contributed by atoms with Gasteiger partial charge in [-0.1, -0.05) is 31.5 Å². The van der Waals surface area contributed by atoms with Crippen molar-refractivity contribution in [2.45, 2.75) is 26.3 Å². The molecule has 1 amide bonds. The van der Waals surface area contributed by atoms with Gasteiger partial charge in [0.25, 0.3) is 0 Å². The van der Waals surface area contributed by atoms with Gasteiger partial charge in [-0.3, -0.25) is 9.69 Å². The van der Waals surface area contributed by atoms with E-state index >= 15 is 0 Å². The lowest BCUT2D eigenvalue weighted by Crippen LogP contribution is -2.47. The Morgan fingerprint density at radius 2 is 1.96 bits per heavy atom. The zero-order chi connectivity index (χ0) is 17.5. The van der Waals surface area contributed by atoms with Crippen molar-refractivity contribution in [3.63, 3.8) is 0 Å². The van der Waals surface area contributed by atoms with E-state index in [1.807, 2.05) is 32.0 Å². The van der Waals surface area contributed by atoms with Crippen molar-refractivity contribution in [2.24, 2.45) is 11.7 Å². The highest BCUT2D eigenvalue weighted by atomic mass is 35.5. The van der Waals surface area contributed by atoms with Crippen LogP contribution in [-0.2, 0) is 4.79 Å². The van der Waals surface area contributed by atoms with E-state index in [0.717, 1.165) is 44.2 Å². The first-order chi connectivity index (χ1) is 11.5. The molecule has 1 fully saturated rings. The van der Waals surface area contributed by atoms with Crippen molar-refractivity contribution in [3.05, 3.63) is 29.3 Å². The fourth-order valence-corrected chi connectivity index (χ4v) is 3.02. The Kier molecular flexibility index (Phi) is 9.57. The topological polar surface area (TPSA) is 61.6 Å². The second-order valence-corrected chi connectivity index (χ2v) is 7.16. The van der Waals surface area contributed by atoms with Gasteiger partial charge in [0, 0.05) is 43.4 Å². The van der Waals surface area contributed by atoms with Crippen molar-refractivity contribution in [1.29, 1.82) is 0 Å². The van der Waals surface area contributed by atoms with E-state index in [4.69, 9.17) is 17.3 Å². The van der Waals surface area contributed by atoms with Crippen molar-refractivity contribution in [1.82, 2.24) is 10.2 Å². The second-order valence-electron chi connectivity index (χ2n) is 6.72. The molecule has 1 aliphatic rings. The number of nitrogens with one attached hydrogen (secondary N) is 1. The van der Waals surface area contributed by atoms with Gasteiger partial charge >= 0.3 is 0 Å². The first-order valence-corrected chi connectivity index (χ1v) is 9.11. The van der Waals surface area contributed by atoms with Gasteiger partial charge in [-0.15, -0.1) is 12.4 Å². The first-order valence-electron chi connectivity index (χ1n) is 8.73. The normalized spacial score (nSPS) is 16.4. The number of benzene rings is 1. The first kappa shape index (κ1) is 22.0. The number of anilines is 1. The maximum Gasteiger partial charge on any atom is 0.237 e. The monoisotopic (exact) mass is 388 g/mol. The largest absolute Gasteiger partial charge is 0.369 e. The molecule has 1 saturated heterocycles. The molecule has 0 spiro atoms. The molecule has 0 radical (unpaired) electrons. The summed E-state index contributed by atoms with van der Waals surface area (Å²) in [6.07, 6.45) is 0.952. The number of carbonyl (C=O) groups excluding carboxylic acids is 1. The van der Waals surface area contributed by atoms with Crippen molar-refractivity contribution < 1.29 is 4.79 Å². The van der Waals surface area contributed by atoms with Crippen LogP contribution < -0.4 is 16.0 Å². The van der Waals surface area contributed by atoms with Gasteiger partial charge in [0.1, 0.15) is 0 Å². The molecule has 25 heavy (non-hydrogen) atoms. The van der Waals surface area contributed by atoms with Crippen LogP contribution in [0, 0.1) is 5.92 Å². The van der Waals surface area contributed by atoms with Gasteiger partial charge in [-0.05, 0) is 37.1 Å². The van der Waals surface area contributed by atoms with Crippen molar-refractivity contribution in [2.75, 3.05) is 44.2 Å². The maximum absolute atomic E-state index is 11.8. The SMILES string of the molecule is CC(C)[C@H](N)C(=O)NCCCN1CCN(c2cccc(Cl)c2)CC1.Cl. The van der Waals surface area contributed by atoms with Crippen LogP contribution in [0.4, 0.5) is 5.69 Å². The minimum absolute atomic E-state index is 0. The lowest BCUT2D eigenvalue weighted by molar-refractivity contribution is -0.123. The number of amides is 1. The Balaban J connectivity index is 0.00000312. The second kappa shape index (κ2) is 10.9. The zero-order valence-corrected chi connectivity index (χ0v) is 16.7. The van der Waals surface area contributed by atoms with Gasteiger partial charge in [-0.2, -0.15) is 0 Å². The van der Waals surface area contributed by atoms with Crippen molar-refractivity contribution >= 4 is 35.6 Å². The minimum atomic E-state index is -0.411. The molecular weight excluding hydrogens is 359 g/mol. The Bertz CT molecular complexity index is 534. The van der Waals surface area contributed by atoms with Crippen LogP contribution >= 0.6 is 24.0 Å². The Labute approximate surface area is 162 Å². The average Bonchev–Trinajstić information content (AvgIpc) is 2.58. The predicted molar refractivity (Wildman–Crippen MR) is 108 cm³/mol. The van der Waals surface area contributed by atoms with E-state index in [-0.39, 0.29) is 24.2 Å². The molecule has 1 aliphatic heterocycles. The van der Waals surface area contributed by atoms with Crippen LogP contribution in [0.2, 0.25) is 5.02 Å². The molecular formula is C18H30Cl2N4O. The predicted octanol–water partition coefficient (Wildman–Crippen LogP) is 2.37. The standard InChI is InChI=1S/C18H29ClN4O.ClH/c1-14(2)17(20)18(24)21-7-4-8-22-9-11-23(12-10-22)16-6-3-5-15(19)13-16;/h3,5-6,13-14,17H,4,7-12,20H2,1-2H3,(H,21,24);1H/t17-;/m0./s1. The fourth-order valence-electron chi connectivity index (χ4n) is 2.84. The third-order valence-electron chi connectivity index (χ3n) is 4.52. The number of carbonyl (C=O) groups is 1. The van der Waals surface area contributed by atoms with E-state index in [0.29, 0.717) is 6.54 Å². The number of rotatable bonds is 7. The zero-order valence-electron chi connectivity index (χ0n) is 15.1. The van der Waals surface area contributed by atoms with Crippen LogP contribution in [0.5, 0.6) is 0 Å². The molecule has 7 heteroatoms. The molecule has 0 unspecified atom stereocenters. The molecule has 0 aromatic heterocycles. The molecule has 1 aromatic carbocycles. The quantitative estimate of drug-likeness (QED) is 0.703. The molecule has 5 nitrogen and oxygen atoms in total. The summed E-state index contributed by atoms with van der Waals surface area (Å²) < 4.78 is 0. The molecule has 0 aliphatic carbocycles. The summed E-state index contributed by atoms with van der Waals surface area (Å²) in [7, 11) is 0. The fraction of sp³-hybridized carbons (Fsp3) is 0.611. The van der Waals surface area contributed by atoms with E-state index in [1.54, 1.807) is 0 Å². The van der Waals surface area contributed by atoms with E-state index in [9.17, 15) is 4.79 Å². The average molecular weight is 389 g/mol. The van der Waals surface area contributed by atoms with Crippen LogP contribution in [0.3, 0.4) is 0 Å². The van der Waals surface area contributed by atoms with Crippen molar-refractivity contribution in [3.8, 4) is 0 Å². The number of hydrogen-bond donors (Lipinski definition) is 2. The van der Waals surface area contributed by atoms with E-state index in [2.05, 4.69) is 21.2 Å². The molecule has 0 saturated carbocycles. The highest BCUT2D eigenvalue weighted by molar-refractivity contribution is 6.30. The highest BCUT2D eigenvalue weighted by Crippen LogP contribution is 2.20. The molecule has 3 N–H and O–H groups in total. The Hall–Kier alpha value is -1.01. The van der Waals surface area contributed by atoms with Gasteiger partial charge in [0.05, 0.1) is 6.04 Å². The minimum Gasteiger partial charge on any atom is -0.369 e. The maximum atomic E-state index is 11.8. The summed E-state index contributed by atoms with van der Waals surface area (Å²) in [6.45, 7) is 9.69. The molecule has 1 heterocycles. The van der Waals surface area contributed by atoms with E-state index < -0.39 is 6.04 Å². The van der Waals surface area contributed by atoms with Crippen LogP contribution in [0.25, 0.3) is 0 Å². The number of piperazine rings is 1. The lowest BCUT2D eigenvalue weighted by atomic mass is 10.1. The van der Waals surface area contributed by atoms with Gasteiger partial charge < -0.3 is 16.0 Å². The lowest BCUT2D eigenvalue weighted by Gasteiger charge is -2.36. The summed E-state index contributed by atoms with van der Waals surface area (Å²) in [5.74, 6) is 0.125. The van der Waals surface area contributed by atoms with Gasteiger partial charge in [-0.25, -0.2) is 0 Å². The Morgan fingerprint density at radius 1 is 1.28 bits per heavy atom. The van der Waals surface area contributed by atoms with Crippen LogP contribution in [-0.4, -0.2) is 56.1 Å². The summed E-state index contributed by atoms with van der Waals surface area (Å²) in [6, 6.07) is 7.61. The number of hydrogen-bond acceptors (Lipinski definition) is 4. The number of nitrogens with two attached hydrogens (primary N) is 1. The van der Waals surface area contributed by atoms with Crippen LogP contribution in [0.1, 0.15) is 20.3 Å². The Morgan fingerprint density at radius 3 is 2.56 bits per heavy atom. The smallest absolute Gasteiger partial charge is 0.237 e. The third-order valence-corrected chi connectivity index (χ3v) is 4.75. The van der Waals surface area contributed by atoms with E-state index in [1.165, 1.54) is 5.69 Å². The van der Waals surface area contributed by atoms with Gasteiger partial charge in [0.15, 0.2) is 0 Å². The van der Waals surface area contributed by atoms with Crippen LogP contribution in [0.15, 0.2) is 24.3 Å². The molecule has 1 aromatic rings. The molecule has 0 bridgehead atoms. The summed E-state index contributed by atoms with van der Waals surface area (Å²) in [5, 5.41) is 3.71.